The molecule has 0 aliphatic rings. The molecule has 106 valence electrons. The Bertz CT molecular complexity index is 463. The van der Waals surface area contributed by atoms with Crippen LogP contribution in [0.1, 0.15) is 15.9 Å². The van der Waals surface area contributed by atoms with Gasteiger partial charge in [0.1, 0.15) is 6.54 Å². The highest BCUT2D eigenvalue weighted by Crippen LogP contribution is 2.23. The second-order valence-corrected chi connectivity index (χ2v) is 5.59. The van der Waals surface area contributed by atoms with Crippen LogP contribution >= 0.6 is 31.9 Å². The molecule has 0 aromatic heterocycles. The van der Waals surface area contributed by atoms with Crippen LogP contribution in [-0.4, -0.2) is 35.4 Å². The molecule has 0 unspecified atom stereocenters. The number of hydrogen-bond acceptors (Lipinski definition) is 1. The average molecular weight is 403 g/mol. The van der Waals surface area contributed by atoms with E-state index in [1.165, 1.54) is 6.07 Å². The summed E-state index contributed by atoms with van der Waals surface area (Å²) >= 11 is 6.32. The summed E-state index contributed by atoms with van der Waals surface area (Å²) in [6.07, 6.45) is -4.41. The molecule has 1 aromatic rings. The minimum atomic E-state index is -4.41. The molecule has 0 atom stereocenters. The predicted octanol–water partition coefficient (Wildman–Crippen LogP) is 4.16. The molecule has 0 saturated carbocycles. The summed E-state index contributed by atoms with van der Waals surface area (Å²) in [6.45, 7) is 0.449. The molecule has 0 heterocycles. The van der Waals surface area contributed by atoms with Crippen molar-refractivity contribution in [3.63, 3.8) is 0 Å². The molecule has 1 amide bonds. The molecule has 0 radical (unpaired) electrons. The Morgan fingerprint density at radius 3 is 2.53 bits per heavy atom. The monoisotopic (exact) mass is 401 g/mol. The third kappa shape index (κ3) is 4.80. The van der Waals surface area contributed by atoms with Crippen LogP contribution in [0.25, 0.3) is 0 Å². The van der Waals surface area contributed by atoms with Crippen molar-refractivity contribution in [2.24, 2.45) is 0 Å². The molecule has 0 saturated heterocycles. The maximum Gasteiger partial charge on any atom is 0.406 e. The Labute approximate surface area is 126 Å². The van der Waals surface area contributed by atoms with E-state index in [1.54, 1.807) is 19.1 Å². The van der Waals surface area contributed by atoms with Crippen LogP contribution in [0.5, 0.6) is 0 Å². The SMILES string of the molecule is Cc1c(Br)cccc1C(=O)N(CCBr)CC(F)(F)F. The highest BCUT2D eigenvalue weighted by Gasteiger charge is 2.33. The summed E-state index contributed by atoms with van der Waals surface area (Å²) in [5, 5.41) is 0.294. The van der Waals surface area contributed by atoms with E-state index in [1.807, 2.05) is 0 Å². The minimum absolute atomic E-state index is 0.00426. The first-order valence-electron chi connectivity index (χ1n) is 5.43. The fraction of sp³-hybridized carbons (Fsp3) is 0.417. The van der Waals surface area contributed by atoms with Crippen LogP contribution in [0.4, 0.5) is 13.2 Å². The van der Waals surface area contributed by atoms with Gasteiger partial charge in [0.25, 0.3) is 5.91 Å². The van der Waals surface area contributed by atoms with E-state index < -0.39 is 18.6 Å². The van der Waals surface area contributed by atoms with E-state index in [-0.39, 0.29) is 12.1 Å². The summed E-state index contributed by atoms with van der Waals surface area (Å²) in [5.74, 6) is -0.615. The second kappa shape index (κ2) is 6.74. The van der Waals surface area contributed by atoms with Crippen LogP contribution in [0, 0.1) is 6.92 Å². The fourth-order valence-electron chi connectivity index (χ4n) is 1.58. The van der Waals surface area contributed by atoms with Gasteiger partial charge in [-0.15, -0.1) is 0 Å². The molecule has 1 aromatic carbocycles. The zero-order chi connectivity index (χ0) is 14.6. The Morgan fingerprint density at radius 2 is 2.00 bits per heavy atom. The lowest BCUT2D eigenvalue weighted by molar-refractivity contribution is -0.140. The fourth-order valence-corrected chi connectivity index (χ4v) is 2.37. The molecule has 0 aliphatic heterocycles. The molecule has 0 spiro atoms. The molecular weight excluding hydrogens is 391 g/mol. The maximum absolute atomic E-state index is 12.5. The van der Waals surface area contributed by atoms with Crippen molar-refractivity contribution in [1.29, 1.82) is 0 Å². The standard InChI is InChI=1S/C12H12Br2F3NO/c1-8-9(3-2-4-10(8)14)11(19)18(6-5-13)7-12(15,16)17/h2-4H,5-7H2,1H3. The quantitative estimate of drug-likeness (QED) is 0.692. The van der Waals surface area contributed by atoms with Gasteiger partial charge in [-0.25, -0.2) is 0 Å². The van der Waals surface area contributed by atoms with Crippen LogP contribution in [0.15, 0.2) is 22.7 Å². The Kier molecular flexibility index (Phi) is 5.85. The minimum Gasteiger partial charge on any atom is -0.329 e. The van der Waals surface area contributed by atoms with E-state index >= 15 is 0 Å². The maximum atomic E-state index is 12.5. The van der Waals surface area contributed by atoms with Crippen molar-refractivity contribution >= 4 is 37.8 Å². The highest BCUT2D eigenvalue weighted by molar-refractivity contribution is 9.10. The van der Waals surface area contributed by atoms with Crippen LogP contribution in [0.3, 0.4) is 0 Å². The third-order valence-electron chi connectivity index (χ3n) is 2.51. The van der Waals surface area contributed by atoms with Gasteiger partial charge in [0.05, 0.1) is 0 Å². The zero-order valence-corrected chi connectivity index (χ0v) is 13.3. The van der Waals surface area contributed by atoms with Gasteiger partial charge in [0.2, 0.25) is 0 Å². The van der Waals surface area contributed by atoms with Gasteiger partial charge in [-0.05, 0) is 24.6 Å². The van der Waals surface area contributed by atoms with Gasteiger partial charge < -0.3 is 4.90 Å². The lowest BCUT2D eigenvalue weighted by Crippen LogP contribution is -2.40. The Morgan fingerprint density at radius 1 is 1.37 bits per heavy atom. The summed E-state index contributed by atoms with van der Waals surface area (Å²) < 4.78 is 38.1. The number of carbonyl (C=O) groups excluding carboxylic acids is 1. The van der Waals surface area contributed by atoms with Crippen molar-refractivity contribution < 1.29 is 18.0 Å². The highest BCUT2D eigenvalue weighted by atomic mass is 79.9. The lowest BCUT2D eigenvalue weighted by Gasteiger charge is -2.24. The molecule has 2 nitrogen and oxygen atoms in total. The van der Waals surface area contributed by atoms with E-state index in [2.05, 4.69) is 31.9 Å². The van der Waals surface area contributed by atoms with Gasteiger partial charge in [-0.2, -0.15) is 13.2 Å². The third-order valence-corrected chi connectivity index (χ3v) is 3.72. The number of rotatable bonds is 4. The van der Waals surface area contributed by atoms with Crippen LogP contribution in [0.2, 0.25) is 0 Å². The molecule has 7 heteroatoms. The van der Waals surface area contributed by atoms with E-state index in [0.29, 0.717) is 15.4 Å². The smallest absolute Gasteiger partial charge is 0.329 e. The van der Waals surface area contributed by atoms with Crippen molar-refractivity contribution in [3.05, 3.63) is 33.8 Å². The van der Waals surface area contributed by atoms with Crippen molar-refractivity contribution in [2.45, 2.75) is 13.1 Å². The number of carbonyl (C=O) groups is 1. The Balaban J connectivity index is 3.02. The van der Waals surface area contributed by atoms with E-state index in [9.17, 15) is 18.0 Å². The van der Waals surface area contributed by atoms with Crippen LogP contribution in [-0.2, 0) is 0 Å². The Hall–Kier alpha value is -0.560. The molecular formula is C12H12Br2F3NO. The summed E-state index contributed by atoms with van der Waals surface area (Å²) in [6, 6.07) is 4.90. The summed E-state index contributed by atoms with van der Waals surface area (Å²) in [4.78, 5) is 13.0. The van der Waals surface area contributed by atoms with Gasteiger partial charge in [-0.1, -0.05) is 37.9 Å². The number of amides is 1. The van der Waals surface area contributed by atoms with E-state index in [0.717, 1.165) is 4.90 Å². The number of hydrogen-bond donors (Lipinski definition) is 0. The van der Waals surface area contributed by atoms with Crippen molar-refractivity contribution in [1.82, 2.24) is 4.90 Å². The largest absolute Gasteiger partial charge is 0.406 e. The lowest BCUT2D eigenvalue weighted by atomic mass is 10.1. The van der Waals surface area contributed by atoms with Crippen molar-refractivity contribution in [3.8, 4) is 0 Å². The first-order chi connectivity index (χ1) is 8.76. The number of nitrogens with zero attached hydrogens (tertiary/aromatic N) is 1. The molecule has 0 aliphatic carbocycles. The molecule has 1 rings (SSSR count). The number of alkyl halides is 4. The average Bonchev–Trinajstić information content (AvgIpc) is 2.30. The normalized spacial score (nSPS) is 11.5. The second-order valence-electron chi connectivity index (χ2n) is 3.94. The first-order valence-corrected chi connectivity index (χ1v) is 7.35. The predicted molar refractivity (Wildman–Crippen MR) is 74.6 cm³/mol. The summed E-state index contributed by atoms with van der Waals surface area (Å²) in [5.41, 5.74) is 0.911. The molecule has 0 fully saturated rings. The van der Waals surface area contributed by atoms with Gasteiger partial charge >= 0.3 is 6.18 Å². The van der Waals surface area contributed by atoms with Gasteiger partial charge in [0, 0.05) is 21.9 Å². The van der Waals surface area contributed by atoms with E-state index in [4.69, 9.17) is 0 Å². The summed E-state index contributed by atoms with van der Waals surface area (Å²) in [7, 11) is 0. The topological polar surface area (TPSA) is 20.3 Å². The van der Waals surface area contributed by atoms with Crippen LogP contribution < -0.4 is 0 Å². The first kappa shape index (κ1) is 16.5. The number of benzene rings is 1. The van der Waals surface area contributed by atoms with Crippen molar-refractivity contribution in [2.75, 3.05) is 18.4 Å². The number of halogens is 5. The van der Waals surface area contributed by atoms with Gasteiger partial charge in [-0.3, -0.25) is 4.79 Å². The molecule has 0 bridgehead atoms. The molecule has 0 N–H and O–H groups in total. The van der Waals surface area contributed by atoms with Gasteiger partial charge in [0.15, 0.2) is 0 Å². The zero-order valence-electron chi connectivity index (χ0n) is 10.1. The molecule has 19 heavy (non-hydrogen) atoms.